The molecule has 2 aromatic carbocycles. The van der Waals surface area contributed by atoms with Gasteiger partial charge >= 0.3 is 0 Å². The van der Waals surface area contributed by atoms with Crippen LogP contribution in [0, 0.1) is 0 Å². The van der Waals surface area contributed by atoms with Gasteiger partial charge in [-0.1, -0.05) is 13.8 Å². The summed E-state index contributed by atoms with van der Waals surface area (Å²) in [5.41, 5.74) is 8.60. The normalized spacial score (nSPS) is 14.1. The zero-order valence-corrected chi connectivity index (χ0v) is 21.3. The third-order valence-corrected chi connectivity index (χ3v) is 6.22. The Balaban J connectivity index is 1.88. The molecule has 2 amide bonds. The van der Waals surface area contributed by atoms with Gasteiger partial charge in [0.05, 0.1) is 37.8 Å². The molecular formula is C28H36N2O6. The lowest BCUT2D eigenvalue weighted by atomic mass is 10.0. The standard InChI is InChI=1S/C28H36N2O6/c1-3-11-33-25-15-19-7-5-13-35-23(19)17-21(25)30(28(32)10-9-27(29)31)22-18-24-20(8-6-14-36-24)16-26(22)34-12-4-2/h15-18H,3-14H2,1-2H3,(H2,29,31). The molecule has 0 aliphatic carbocycles. The minimum absolute atomic E-state index is 0.0499. The smallest absolute Gasteiger partial charge is 0.232 e. The lowest BCUT2D eigenvalue weighted by molar-refractivity contribution is -0.123. The SMILES string of the molecule is CCCOc1cc2c(cc1N(C(=O)CCC(N)=O)c1cc3c(cc1OCCC)CCCO3)OCCC2. The van der Waals surface area contributed by atoms with Gasteiger partial charge in [0, 0.05) is 25.0 Å². The van der Waals surface area contributed by atoms with Gasteiger partial charge in [-0.3, -0.25) is 14.5 Å². The fourth-order valence-electron chi connectivity index (χ4n) is 4.48. The first kappa shape index (κ1) is 25.7. The second kappa shape index (κ2) is 12.0. The summed E-state index contributed by atoms with van der Waals surface area (Å²) in [6.07, 6.45) is 5.15. The maximum atomic E-state index is 13.8. The van der Waals surface area contributed by atoms with Crippen molar-refractivity contribution in [1.29, 1.82) is 0 Å². The molecular weight excluding hydrogens is 460 g/mol. The van der Waals surface area contributed by atoms with E-state index in [0.29, 0.717) is 49.3 Å². The molecule has 2 aliphatic heterocycles. The van der Waals surface area contributed by atoms with E-state index in [-0.39, 0.29) is 18.7 Å². The van der Waals surface area contributed by atoms with E-state index in [2.05, 4.69) is 0 Å². The van der Waals surface area contributed by atoms with E-state index >= 15 is 0 Å². The fraction of sp³-hybridized carbons (Fsp3) is 0.500. The zero-order chi connectivity index (χ0) is 25.5. The molecule has 0 spiro atoms. The number of amides is 2. The Morgan fingerprint density at radius 1 is 0.833 bits per heavy atom. The number of nitrogens with two attached hydrogens (primary N) is 1. The molecule has 0 aromatic heterocycles. The molecule has 2 heterocycles. The van der Waals surface area contributed by atoms with Crippen LogP contribution in [0.5, 0.6) is 23.0 Å². The van der Waals surface area contributed by atoms with Crippen molar-refractivity contribution < 1.29 is 28.5 Å². The van der Waals surface area contributed by atoms with Crippen LogP contribution in [0.25, 0.3) is 0 Å². The van der Waals surface area contributed by atoms with Crippen molar-refractivity contribution in [1.82, 2.24) is 0 Å². The number of nitrogens with zero attached hydrogens (tertiary/aromatic N) is 1. The van der Waals surface area contributed by atoms with Crippen LogP contribution in [0.1, 0.15) is 63.5 Å². The Morgan fingerprint density at radius 2 is 1.33 bits per heavy atom. The average Bonchev–Trinajstić information content (AvgIpc) is 2.89. The number of hydrogen-bond acceptors (Lipinski definition) is 6. The molecule has 0 unspecified atom stereocenters. The number of carbonyl (C=O) groups excluding carboxylic acids is 2. The van der Waals surface area contributed by atoms with Crippen LogP contribution in [0.3, 0.4) is 0 Å². The Labute approximate surface area is 212 Å². The summed E-state index contributed by atoms with van der Waals surface area (Å²) in [6.45, 7) is 6.32. The highest BCUT2D eigenvalue weighted by molar-refractivity contribution is 6.04. The zero-order valence-electron chi connectivity index (χ0n) is 21.3. The topological polar surface area (TPSA) is 100 Å². The van der Waals surface area contributed by atoms with Gasteiger partial charge in [-0.2, -0.15) is 0 Å². The lowest BCUT2D eigenvalue weighted by Crippen LogP contribution is -2.29. The van der Waals surface area contributed by atoms with Crippen molar-refractivity contribution in [3.05, 3.63) is 35.4 Å². The summed E-state index contributed by atoms with van der Waals surface area (Å²) in [6, 6.07) is 7.67. The van der Waals surface area contributed by atoms with Crippen molar-refractivity contribution in [3.63, 3.8) is 0 Å². The summed E-state index contributed by atoms with van der Waals surface area (Å²) in [7, 11) is 0. The van der Waals surface area contributed by atoms with Crippen LogP contribution in [0.15, 0.2) is 24.3 Å². The van der Waals surface area contributed by atoms with E-state index in [9.17, 15) is 9.59 Å². The summed E-state index contributed by atoms with van der Waals surface area (Å²) in [5.74, 6) is 1.83. The van der Waals surface area contributed by atoms with Crippen LogP contribution < -0.4 is 29.6 Å². The molecule has 0 atom stereocenters. The Bertz CT molecular complexity index is 1030. The van der Waals surface area contributed by atoms with E-state index in [0.717, 1.165) is 61.2 Å². The molecule has 0 saturated carbocycles. The second-order valence-corrected chi connectivity index (χ2v) is 9.15. The highest BCUT2D eigenvalue weighted by atomic mass is 16.5. The average molecular weight is 497 g/mol. The highest BCUT2D eigenvalue weighted by Crippen LogP contribution is 2.46. The first-order valence-electron chi connectivity index (χ1n) is 13.0. The molecule has 0 bridgehead atoms. The van der Waals surface area contributed by atoms with Crippen molar-refractivity contribution in [2.75, 3.05) is 31.3 Å². The number of ether oxygens (including phenoxy) is 4. The van der Waals surface area contributed by atoms with Gasteiger partial charge in [0.1, 0.15) is 23.0 Å². The summed E-state index contributed by atoms with van der Waals surface area (Å²) in [5, 5.41) is 0. The van der Waals surface area contributed by atoms with Crippen LogP contribution in [0.2, 0.25) is 0 Å². The molecule has 2 aliphatic rings. The van der Waals surface area contributed by atoms with Gasteiger partial charge in [-0.05, 0) is 61.8 Å². The number of primary amides is 1. The number of benzene rings is 2. The molecule has 194 valence electrons. The predicted molar refractivity (Wildman–Crippen MR) is 138 cm³/mol. The van der Waals surface area contributed by atoms with E-state index in [1.807, 2.05) is 38.1 Å². The maximum absolute atomic E-state index is 13.8. The molecule has 8 heteroatoms. The van der Waals surface area contributed by atoms with Crippen molar-refractivity contribution in [3.8, 4) is 23.0 Å². The van der Waals surface area contributed by atoms with E-state index in [1.54, 1.807) is 4.90 Å². The van der Waals surface area contributed by atoms with Crippen LogP contribution in [-0.4, -0.2) is 38.2 Å². The van der Waals surface area contributed by atoms with Crippen molar-refractivity contribution in [2.24, 2.45) is 5.73 Å². The Hall–Kier alpha value is -3.42. The van der Waals surface area contributed by atoms with Gasteiger partial charge in [0.15, 0.2) is 0 Å². The van der Waals surface area contributed by atoms with Crippen LogP contribution in [-0.2, 0) is 22.4 Å². The summed E-state index contributed by atoms with van der Waals surface area (Å²) >= 11 is 0. The molecule has 0 radical (unpaired) electrons. The van der Waals surface area contributed by atoms with Crippen LogP contribution >= 0.6 is 0 Å². The second-order valence-electron chi connectivity index (χ2n) is 9.15. The number of carbonyl (C=O) groups is 2. The molecule has 0 fully saturated rings. The van der Waals surface area contributed by atoms with Crippen molar-refractivity contribution >= 4 is 23.2 Å². The van der Waals surface area contributed by atoms with E-state index < -0.39 is 5.91 Å². The van der Waals surface area contributed by atoms with Gasteiger partial charge in [0.2, 0.25) is 11.8 Å². The van der Waals surface area contributed by atoms with Gasteiger partial charge < -0.3 is 24.7 Å². The number of hydrogen-bond donors (Lipinski definition) is 1. The largest absolute Gasteiger partial charge is 0.493 e. The van der Waals surface area contributed by atoms with Gasteiger partial charge in [0.25, 0.3) is 0 Å². The molecule has 0 saturated heterocycles. The Morgan fingerprint density at radius 3 is 1.78 bits per heavy atom. The molecule has 8 nitrogen and oxygen atoms in total. The third kappa shape index (κ3) is 5.86. The van der Waals surface area contributed by atoms with E-state index in [1.165, 1.54) is 0 Å². The highest BCUT2D eigenvalue weighted by Gasteiger charge is 2.29. The monoisotopic (exact) mass is 496 g/mol. The quantitative estimate of drug-likeness (QED) is 0.478. The first-order chi connectivity index (χ1) is 17.5. The Kier molecular flexibility index (Phi) is 8.57. The number of anilines is 2. The molecule has 4 rings (SSSR count). The van der Waals surface area contributed by atoms with Crippen molar-refractivity contribution in [2.45, 2.75) is 65.2 Å². The summed E-state index contributed by atoms with van der Waals surface area (Å²) in [4.78, 5) is 26.9. The minimum atomic E-state index is -0.532. The maximum Gasteiger partial charge on any atom is 0.232 e. The minimum Gasteiger partial charge on any atom is -0.493 e. The van der Waals surface area contributed by atoms with Crippen LogP contribution in [0.4, 0.5) is 11.4 Å². The fourth-order valence-corrected chi connectivity index (χ4v) is 4.48. The molecule has 2 aromatic rings. The molecule has 2 N–H and O–H groups in total. The lowest BCUT2D eigenvalue weighted by Gasteiger charge is -2.30. The number of aryl methyl sites for hydroxylation is 2. The molecule has 36 heavy (non-hydrogen) atoms. The first-order valence-corrected chi connectivity index (χ1v) is 13.0. The number of fused-ring (bicyclic) bond motifs is 2. The third-order valence-electron chi connectivity index (χ3n) is 6.22. The number of rotatable bonds is 11. The van der Waals surface area contributed by atoms with Gasteiger partial charge in [-0.15, -0.1) is 0 Å². The van der Waals surface area contributed by atoms with Gasteiger partial charge in [-0.25, -0.2) is 0 Å². The summed E-state index contributed by atoms with van der Waals surface area (Å²) < 4.78 is 24.2. The predicted octanol–water partition coefficient (Wildman–Crippen LogP) is 4.84. The van der Waals surface area contributed by atoms with E-state index in [4.69, 9.17) is 24.7 Å².